The van der Waals surface area contributed by atoms with Crippen LogP contribution >= 0.6 is 36.4 Å². The molecule has 3 rings (SSSR count). The molecular weight excluding hydrogens is 345 g/mol. The van der Waals surface area contributed by atoms with Crippen molar-refractivity contribution < 1.29 is 5.11 Å². The lowest BCUT2D eigenvalue weighted by molar-refractivity contribution is 0.0909. The standard InChI is InChI=1S/C15H20ClN3O.2ClH/c16-11-5-6-14-13(9-11)18-10-19(14)8-2-3-12-15(20)4-1-7-17-12;;/h5-6,9-10,12,15,17,20H,1-4,7-8H2;2*1H/t12-,15+;;/m1../s1. The maximum absolute atomic E-state index is 9.93. The number of aryl methyl sites for hydroxylation is 1. The second-order valence-corrected chi connectivity index (χ2v) is 5.92. The number of imidazole rings is 1. The van der Waals surface area contributed by atoms with E-state index >= 15 is 0 Å². The molecule has 1 aromatic carbocycles. The van der Waals surface area contributed by atoms with Gasteiger partial charge in [0.05, 0.1) is 23.5 Å². The molecule has 0 spiro atoms. The van der Waals surface area contributed by atoms with E-state index in [1.54, 1.807) is 0 Å². The Morgan fingerprint density at radius 2 is 2.18 bits per heavy atom. The minimum Gasteiger partial charge on any atom is -0.392 e. The highest BCUT2D eigenvalue weighted by atomic mass is 35.5. The minimum absolute atomic E-state index is 0. The van der Waals surface area contributed by atoms with Crippen LogP contribution in [-0.2, 0) is 6.54 Å². The van der Waals surface area contributed by atoms with Crippen LogP contribution in [0.4, 0.5) is 0 Å². The van der Waals surface area contributed by atoms with Gasteiger partial charge < -0.3 is 15.0 Å². The van der Waals surface area contributed by atoms with Crippen molar-refractivity contribution in [3.8, 4) is 0 Å². The first-order chi connectivity index (χ1) is 9.74. The van der Waals surface area contributed by atoms with Crippen LogP contribution in [0.3, 0.4) is 0 Å². The lowest BCUT2D eigenvalue weighted by Crippen LogP contribution is -2.44. The highest BCUT2D eigenvalue weighted by Gasteiger charge is 2.21. The number of hydrogen-bond acceptors (Lipinski definition) is 3. The van der Waals surface area contributed by atoms with Gasteiger partial charge in [0.2, 0.25) is 0 Å². The zero-order valence-electron chi connectivity index (χ0n) is 12.2. The maximum Gasteiger partial charge on any atom is 0.0958 e. The van der Waals surface area contributed by atoms with E-state index in [0.717, 1.165) is 54.8 Å². The molecule has 0 saturated carbocycles. The van der Waals surface area contributed by atoms with Crippen LogP contribution in [0.15, 0.2) is 24.5 Å². The molecule has 2 heterocycles. The summed E-state index contributed by atoms with van der Waals surface area (Å²) in [6.07, 6.45) is 5.69. The van der Waals surface area contributed by atoms with Gasteiger partial charge in [0.1, 0.15) is 0 Å². The molecule has 2 atom stereocenters. The fourth-order valence-electron chi connectivity index (χ4n) is 2.93. The molecule has 0 aliphatic carbocycles. The summed E-state index contributed by atoms with van der Waals surface area (Å²) in [6.45, 7) is 1.94. The number of nitrogens with one attached hydrogen (secondary N) is 1. The SMILES string of the molecule is Cl.Cl.O[C@H]1CCCN[C@@H]1CCCn1cnc2cc(Cl)ccc21. The van der Waals surface area contributed by atoms with Crippen molar-refractivity contribution in [3.05, 3.63) is 29.5 Å². The van der Waals surface area contributed by atoms with Crippen molar-refractivity contribution >= 4 is 47.4 Å². The monoisotopic (exact) mass is 365 g/mol. The van der Waals surface area contributed by atoms with E-state index < -0.39 is 0 Å². The molecule has 1 aliphatic heterocycles. The second-order valence-electron chi connectivity index (χ2n) is 5.48. The summed E-state index contributed by atoms with van der Waals surface area (Å²) in [5, 5.41) is 14.1. The third-order valence-electron chi connectivity index (χ3n) is 4.04. The van der Waals surface area contributed by atoms with Gasteiger partial charge in [-0.3, -0.25) is 0 Å². The summed E-state index contributed by atoms with van der Waals surface area (Å²) >= 11 is 5.96. The van der Waals surface area contributed by atoms with Crippen molar-refractivity contribution in [2.45, 2.75) is 44.4 Å². The van der Waals surface area contributed by atoms with E-state index in [0.29, 0.717) is 0 Å². The van der Waals surface area contributed by atoms with Crippen molar-refractivity contribution in [2.24, 2.45) is 0 Å². The number of hydrogen-bond donors (Lipinski definition) is 2. The van der Waals surface area contributed by atoms with Crippen LogP contribution in [-0.4, -0.2) is 33.3 Å². The first-order valence-corrected chi connectivity index (χ1v) is 7.64. The summed E-state index contributed by atoms with van der Waals surface area (Å²) in [4.78, 5) is 4.37. The third kappa shape index (κ3) is 4.49. The number of nitrogens with zero attached hydrogens (tertiary/aromatic N) is 2. The van der Waals surface area contributed by atoms with Crippen LogP contribution in [0.25, 0.3) is 11.0 Å². The van der Waals surface area contributed by atoms with E-state index in [9.17, 15) is 5.11 Å². The Morgan fingerprint density at radius 1 is 1.36 bits per heavy atom. The molecule has 0 unspecified atom stereocenters. The number of aromatic nitrogens is 2. The summed E-state index contributed by atoms with van der Waals surface area (Å²) < 4.78 is 2.15. The van der Waals surface area contributed by atoms with Crippen molar-refractivity contribution in [2.75, 3.05) is 6.54 Å². The van der Waals surface area contributed by atoms with Gasteiger partial charge in [-0.25, -0.2) is 4.98 Å². The first kappa shape index (κ1) is 19.5. The zero-order chi connectivity index (χ0) is 13.9. The Hall–Kier alpha value is -0.520. The number of aliphatic hydroxyl groups is 1. The molecule has 1 aliphatic rings. The molecule has 1 saturated heterocycles. The molecule has 124 valence electrons. The molecule has 7 heteroatoms. The molecule has 4 nitrogen and oxygen atoms in total. The molecular formula is C15H22Cl3N3O. The van der Waals surface area contributed by atoms with Gasteiger partial charge in [-0.15, -0.1) is 24.8 Å². The predicted octanol–water partition coefficient (Wildman–Crippen LogP) is 3.43. The smallest absolute Gasteiger partial charge is 0.0958 e. The van der Waals surface area contributed by atoms with E-state index in [2.05, 4.69) is 14.9 Å². The number of halogens is 3. The van der Waals surface area contributed by atoms with Gasteiger partial charge in [0, 0.05) is 17.6 Å². The largest absolute Gasteiger partial charge is 0.392 e. The van der Waals surface area contributed by atoms with Crippen molar-refractivity contribution in [1.29, 1.82) is 0 Å². The van der Waals surface area contributed by atoms with Crippen molar-refractivity contribution in [1.82, 2.24) is 14.9 Å². The van der Waals surface area contributed by atoms with E-state index in [1.165, 1.54) is 0 Å². The van der Waals surface area contributed by atoms with Gasteiger partial charge in [-0.1, -0.05) is 11.6 Å². The highest BCUT2D eigenvalue weighted by molar-refractivity contribution is 6.31. The molecule has 0 amide bonds. The van der Waals surface area contributed by atoms with E-state index in [4.69, 9.17) is 11.6 Å². The summed E-state index contributed by atoms with van der Waals surface area (Å²) in [5.41, 5.74) is 2.06. The molecule has 0 bridgehead atoms. The normalized spacial score (nSPS) is 21.2. The van der Waals surface area contributed by atoms with Gasteiger partial charge in [-0.2, -0.15) is 0 Å². The molecule has 2 aromatic rings. The predicted molar refractivity (Wildman–Crippen MR) is 95.5 cm³/mol. The van der Waals surface area contributed by atoms with Crippen LogP contribution in [0.1, 0.15) is 25.7 Å². The summed E-state index contributed by atoms with van der Waals surface area (Å²) in [6, 6.07) is 6.04. The Labute approximate surface area is 148 Å². The quantitative estimate of drug-likeness (QED) is 0.871. The van der Waals surface area contributed by atoms with Crippen LogP contribution in [0.5, 0.6) is 0 Å². The second kappa shape index (κ2) is 8.94. The molecule has 0 radical (unpaired) electrons. The number of rotatable bonds is 4. The van der Waals surface area contributed by atoms with Crippen LogP contribution in [0.2, 0.25) is 5.02 Å². The molecule has 1 aromatic heterocycles. The van der Waals surface area contributed by atoms with Gasteiger partial charge in [0.25, 0.3) is 0 Å². The Balaban J connectivity index is 0.00000121. The highest BCUT2D eigenvalue weighted by Crippen LogP contribution is 2.19. The number of benzene rings is 1. The van der Waals surface area contributed by atoms with Crippen LogP contribution in [0, 0.1) is 0 Å². The average Bonchev–Trinajstić information content (AvgIpc) is 2.83. The Bertz CT molecular complexity index is 590. The first-order valence-electron chi connectivity index (χ1n) is 7.26. The van der Waals surface area contributed by atoms with Crippen LogP contribution < -0.4 is 5.32 Å². The van der Waals surface area contributed by atoms with E-state index in [1.807, 2.05) is 24.5 Å². The Morgan fingerprint density at radius 3 is 2.95 bits per heavy atom. The topological polar surface area (TPSA) is 50.1 Å². The van der Waals surface area contributed by atoms with Gasteiger partial charge >= 0.3 is 0 Å². The molecule has 2 N–H and O–H groups in total. The molecule has 22 heavy (non-hydrogen) atoms. The zero-order valence-corrected chi connectivity index (χ0v) is 14.6. The fourth-order valence-corrected chi connectivity index (χ4v) is 3.09. The third-order valence-corrected chi connectivity index (χ3v) is 4.28. The summed E-state index contributed by atoms with van der Waals surface area (Å²) in [7, 11) is 0. The van der Waals surface area contributed by atoms with Gasteiger partial charge in [0.15, 0.2) is 0 Å². The lowest BCUT2D eigenvalue weighted by Gasteiger charge is -2.29. The maximum atomic E-state index is 9.93. The van der Waals surface area contributed by atoms with Gasteiger partial charge in [-0.05, 0) is 50.4 Å². The minimum atomic E-state index is -0.193. The lowest BCUT2D eigenvalue weighted by atomic mass is 9.97. The van der Waals surface area contributed by atoms with E-state index in [-0.39, 0.29) is 37.0 Å². The summed E-state index contributed by atoms with van der Waals surface area (Å²) in [5.74, 6) is 0. The number of fused-ring (bicyclic) bond motifs is 1. The number of piperidine rings is 1. The average molecular weight is 367 g/mol. The van der Waals surface area contributed by atoms with Crippen molar-refractivity contribution in [3.63, 3.8) is 0 Å². The Kier molecular flexibility index (Phi) is 7.94. The number of aliphatic hydroxyl groups excluding tert-OH is 1. The fraction of sp³-hybridized carbons (Fsp3) is 0.533. The molecule has 1 fully saturated rings.